The molecule has 4 N–H and O–H groups in total. The molecule has 14 nitrogen and oxygen atoms in total. The fraction of sp³-hybridized carbons (Fsp3) is 0.351. The topological polar surface area (TPSA) is 199 Å². The quantitative estimate of drug-likeness (QED) is 0.128. The van der Waals surface area contributed by atoms with Crippen molar-refractivity contribution in [2.75, 3.05) is 11.9 Å². The predicted octanol–water partition coefficient (Wildman–Crippen LogP) is 5.97. The Morgan fingerprint density at radius 3 is 2.15 bits per heavy atom. The van der Waals surface area contributed by atoms with Crippen LogP contribution < -0.4 is 15.8 Å². The molecule has 0 saturated carbocycles. The van der Waals surface area contributed by atoms with Gasteiger partial charge in [-0.2, -0.15) is 4.48 Å². The second-order valence-electron chi connectivity index (χ2n) is 13.8. The van der Waals surface area contributed by atoms with Crippen LogP contribution in [0.25, 0.3) is 11.1 Å². The lowest BCUT2D eigenvalue weighted by molar-refractivity contribution is -0.788. The molecule has 53 heavy (non-hydrogen) atoms. The number of nitrogens with one attached hydrogen (secondary N) is 2. The summed E-state index contributed by atoms with van der Waals surface area (Å²) in [6.07, 6.45) is 1.01. The number of para-hydroxylation sites is 2. The maximum Gasteiger partial charge on any atom is 0.434 e. The highest BCUT2D eigenvalue weighted by Gasteiger charge is 2.59. The number of halogens is 1. The molecule has 4 aromatic rings. The average Bonchev–Trinajstić information content (AvgIpc) is 3.73. The number of anilines is 1. The van der Waals surface area contributed by atoms with E-state index in [9.17, 15) is 27.6 Å². The molecule has 4 atom stereocenters. The van der Waals surface area contributed by atoms with Crippen LogP contribution in [0.15, 0.2) is 82.1 Å². The number of ketones is 1. The Labute approximate surface area is 312 Å². The third kappa shape index (κ3) is 7.88. The second kappa shape index (κ2) is 15.6. The summed E-state index contributed by atoms with van der Waals surface area (Å²) in [5, 5.41) is 2.72. The van der Waals surface area contributed by atoms with Gasteiger partial charge < -0.3 is 15.5 Å². The van der Waals surface area contributed by atoms with E-state index >= 15 is 4.79 Å². The number of hydrogen-bond acceptors (Lipinski definition) is 10. The Morgan fingerprint density at radius 2 is 1.58 bits per heavy atom. The van der Waals surface area contributed by atoms with Gasteiger partial charge in [0, 0.05) is 29.1 Å². The number of likely N-dealkylation sites (tertiary alicyclic amines) is 1. The van der Waals surface area contributed by atoms with Gasteiger partial charge in [0.1, 0.15) is 23.6 Å². The molecule has 0 bridgehead atoms. The van der Waals surface area contributed by atoms with E-state index in [1.165, 1.54) is 48.5 Å². The largest absolute Gasteiger partial charge is 0.434 e. The van der Waals surface area contributed by atoms with Crippen LogP contribution >= 0.6 is 11.6 Å². The first kappa shape index (κ1) is 39.3. The van der Waals surface area contributed by atoms with Crippen LogP contribution in [0.5, 0.6) is 0 Å². The van der Waals surface area contributed by atoms with Gasteiger partial charge in [-0.25, -0.2) is 37.4 Å². The van der Waals surface area contributed by atoms with Gasteiger partial charge in [0.25, 0.3) is 21.8 Å². The highest BCUT2D eigenvalue weighted by Crippen LogP contribution is 2.34. The van der Waals surface area contributed by atoms with E-state index in [1.54, 1.807) is 58.9 Å². The fourth-order valence-corrected chi connectivity index (χ4v) is 7.50. The molecular weight excluding hydrogens is 724 g/mol. The summed E-state index contributed by atoms with van der Waals surface area (Å²) in [6.45, 7) is 8.71. The SMILES string of the molecule is CC(C)C(N)C(=O)[N@+]1(C(=O)N(C(=O)c2ccc(NC(=O)NS(=O)(=O)c3ccc(Cl)cc3)cc2)C(C(=O)c2nc3ccccc3o2)C(C)C)CCCC1C. The minimum Gasteiger partial charge on any atom is -0.434 e. The van der Waals surface area contributed by atoms with Gasteiger partial charge in [-0.3, -0.25) is 9.59 Å². The van der Waals surface area contributed by atoms with Gasteiger partial charge in [-0.1, -0.05) is 51.4 Å². The number of fused-ring (bicyclic) bond motifs is 1. The van der Waals surface area contributed by atoms with E-state index in [1.807, 2.05) is 4.72 Å². The Kier molecular flexibility index (Phi) is 11.5. The summed E-state index contributed by atoms with van der Waals surface area (Å²) in [5.74, 6) is -3.46. The van der Waals surface area contributed by atoms with Crippen molar-refractivity contribution < 1.29 is 41.3 Å². The number of aromatic nitrogens is 1. The highest BCUT2D eigenvalue weighted by atomic mass is 35.5. The van der Waals surface area contributed by atoms with Crippen LogP contribution in [0, 0.1) is 11.8 Å². The number of amides is 6. The summed E-state index contributed by atoms with van der Waals surface area (Å²) < 4.78 is 32.3. The molecule has 6 amide bonds. The lowest BCUT2D eigenvalue weighted by Crippen LogP contribution is -2.70. The van der Waals surface area contributed by atoms with E-state index in [0.717, 1.165) is 4.90 Å². The van der Waals surface area contributed by atoms with Crippen molar-refractivity contribution in [2.24, 2.45) is 17.6 Å². The number of nitrogens with zero attached hydrogens (tertiary/aromatic N) is 3. The zero-order chi connectivity index (χ0) is 38.8. The van der Waals surface area contributed by atoms with Gasteiger partial charge in [0.15, 0.2) is 5.58 Å². The van der Waals surface area contributed by atoms with Crippen LogP contribution in [0.3, 0.4) is 0 Å². The number of hydrogen-bond donors (Lipinski definition) is 3. The molecule has 1 saturated heterocycles. The van der Waals surface area contributed by atoms with Gasteiger partial charge in [-0.15, -0.1) is 0 Å². The number of carbonyl (C=O) groups excluding carboxylic acids is 5. The van der Waals surface area contributed by atoms with Gasteiger partial charge >= 0.3 is 18.0 Å². The molecule has 5 rings (SSSR count). The predicted molar refractivity (Wildman–Crippen MR) is 197 cm³/mol. The van der Waals surface area contributed by atoms with Crippen molar-refractivity contribution in [3.05, 3.63) is 89.3 Å². The zero-order valence-corrected chi connectivity index (χ0v) is 31.5. The molecule has 16 heteroatoms. The molecule has 0 aliphatic carbocycles. The summed E-state index contributed by atoms with van der Waals surface area (Å²) >= 11 is 5.84. The van der Waals surface area contributed by atoms with E-state index in [2.05, 4.69) is 10.3 Å². The minimum atomic E-state index is -4.24. The van der Waals surface area contributed by atoms with Crippen LogP contribution in [-0.4, -0.2) is 77.1 Å². The number of carbonyl (C=O) groups is 5. The molecule has 1 aromatic heterocycles. The van der Waals surface area contributed by atoms with Gasteiger partial charge in [0.2, 0.25) is 5.78 Å². The Balaban J connectivity index is 1.51. The molecule has 3 aromatic carbocycles. The van der Waals surface area contributed by atoms with E-state index in [0.29, 0.717) is 29.0 Å². The van der Waals surface area contributed by atoms with Crippen molar-refractivity contribution >= 4 is 68.1 Å². The van der Waals surface area contributed by atoms with Crippen molar-refractivity contribution in [3.8, 4) is 0 Å². The van der Waals surface area contributed by atoms with Crippen LogP contribution in [0.1, 0.15) is 68.5 Å². The summed E-state index contributed by atoms with van der Waals surface area (Å²) in [6, 6.07) is 12.3. The number of urea groups is 2. The van der Waals surface area contributed by atoms with E-state index in [-0.39, 0.29) is 34.5 Å². The Morgan fingerprint density at radius 1 is 0.943 bits per heavy atom. The maximum absolute atomic E-state index is 15.1. The van der Waals surface area contributed by atoms with E-state index in [4.69, 9.17) is 21.8 Å². The van der Waals surface area contributed by atoms with Crippen molar-refractivity contribution in [3.63, 3.8) is 0 Å². The molecule has 0 radical (unpaired) electrons. The van der Waals surface area contributed by atoms with Crippen LogP contribution in [0.4, 0.5) is 15.3 Å². The van der Waals surface area contributed by atoms with Crippen LogP contribution in [-0.2, 0) is 14.8 Å². The number of quaternary nitrogens is 1. The first-order valence-electron chi connectivity index (χ1n) is 17.1. The molecule has 3 unspecified atom stereocenters. The number of sulfonamides is 1. The molecule has 280 valence electrons. The zero-order valence-electron chi connectivity index (χ0n) is 29.9. The number of rotatable bonds is 10. The summed E-state index contributed by atoms with van der Waals surface area (Å²) in [7, 11) is -4.24. The lowest BCUT2D eigenvalue weighted by Gasteiger charge is -2.40. The highest BCUT2D eigenvalue weighted by molar-refractivity contribution is 7.90. The molecule has 1 aliphatic heterocycles. The number of imide groups is 2. The van der Waals surface area contributed by atoms with E-state index < -0.39 is 68.2 Å². The minimum absolute atomic E-state index is 0.0558. The normalized spacial score (nSPS) is 18.5. The molecular formula is C37H42ClN6O8S+. The van der Waals surface area contributed by atoms with Crippen molar-refractivity contribution in [1.82, 2.24) is 14.6 Å². The Bertz CT molecular complexity index is 2120. The third-order valence-electron chi connectivity index (χ3n) is 9.47. The van der Waals surface area contributed by atoms with Crippen molar-refractivity contribution in [1.29, 1.82) is 0 Å². The smallest absolute Gasteiger partial charge is 0.434 e. The second-order valence-corrected chi connectivity index (χ2v) is 15.9. The monoisotopic (exact) mass is 765 g/mol. The van der Waals surface area contributed by atoms with Gasteiger partial charge in [0.05, 0.1) is 11.4 Å². The fourth-order valence-electron chi connectivity index (χ4n) is 6.47. The number of benzene rings is 3. The summed E-state index contributed by atoms with van der Waals surface area (Å²) in [5.41, 5.74) is 7.18. The molecule has 0 spiro atoms. The molecule has 1 aliphatic rings. The van der Waals surface area contributed by atoms with Crippen molar-refractivity contribution in [2.45, 2.75) is 70.5 Å². The molecule has 2 heterocycles. The maximum atomic E-state index is 15.1. The third-order valence-corrected chi connectivity index (χ3v) is 11.1. The molecule has 1 fully saturated rings. The number of nitrogens with two attached hydrogens (primary N) is 1. The lowest BCUT2D eigenvalue weighted by atomic mass is 9.96. The Hall–Kier alpha value is -4.96. The number of Topliss-reactive ketones (excluding diaryl/α,β-unsaturated/α-hetero) is 1. The standard InChI is InChI=1S/C37H41ClN6O8S/c1-21(2)30(39)35(47)44(20-8-9-23(44)5)37(49)43(31(22(3)4)32(45)33-41-28-10-6-7-11-29(28)52-33)34(46)24-12-16-26(17-13-24)40-36(48)42-53(50,51)27-18-14-25(38)15-19-27/h6-7,10-19,21-23,30-31H,8-9,20,39H2,1-5H3,(H-,40,42,46,48)/p+1/t23?,30?,31?,44-/m0/s1. The first-order valence-corrected chi connectivity index (χ1v) is 19.0. The first-order chi connectivity index (χ1) is 25.0. The van der Waals surface area contributed by atoms with Crippen LogP contribution in [0.2, 0.25) is 5.02 Å². The number of oxazole rings is 1. The average molecular weight is 766 g/mol. The summed E-state index contributed by atoms with van der Waals surface area (Å²) in [4.78, 5) is 75.9. The van der Waals surface area contributed by atoms with Gasteiger partial charge in [-0.05, 0) is 79.4 Å².